The van der Waals surface area contributed by atoms with Crippen molar-refractivity contribution < 1.29 is 0 Å². The van der Waals surface area contributed by atoms with Crippen LogP contribution in [0.2, 0.25) is 0 Å². The molecule has 0 unspecified atom stereocenters. The monoisotopic (exact) mass is 230 g/mol. The minimum atomic E-state index is 0.933. The van der Waals surface area contributed by atoms with Crippen LogP contribution in [0.4, 0.5) is 0 Å². The van der Waals surface area contributed by atoms with Crippen molar-refractivity contribution >= 4 is 12.6 Å². The lowest BCUT2D eigenvalue weighted by Crippen LogP contribution is -2.38. The number of nitrogens with zero attached hydrogens (tertiary/aromatic N) is 2. The largest absolute Gasteiger partial charge is 0.306 e. The quantitative estimate of drug-likeness (QED) is 0.697. The van der Waals surface area contributed by atoms with Crippen LogP contribution in [-0.2, 0) is 0 Å². The second kappa shape index (κ2) is 7.53. The highest BCUT2D eigenvalue weighted by Crippen LogP contribution is 2.18. The highest BCUT2D eigenvalue weighted by Gasteiger charge is 2.19. The van der Waals surface area contributed by atoms with Crippen molar-refractivity contribution in [2.75, 3.05) is 45.5 Å². The molecule has 90 valence electrons. The van der Waals surface area contributed by atoms with Crippen molar-refractivity contribution in [2.24, 2.45) is 5.92 Å². The number of rotatable bonds is 6. The van der Waals surface area contributed by atoms with Gasteiger partial charge < -0.3 is 9.80 Å². The second-order valence-electron chi connectivity index (χ2n) is 4.72. The van der Waals surface area contributed by atoms with Gasteiger partial charge in [0.2, 0.25) is 0 Å². The number of likely N-dealkylation sites (tertiary alicyclic amines) is 1. The standard InChI is InChI=1S/C12H26N2S/c1-3-13(2)11-12-5-8-14(9-6-12)7-4-10-15/h12,15H,3-11H2,1-2H3. The fourth-order valence-corrected chi connectivity index (χ4v) is 2.40. The summed E-state index contributed by atoms with van der Waals surface area (Å²) in [7, 11) is 2.23. The van der Waals surface area contributed by atoms with Crippen molar-refractivity contribution in [3.63, 3.8) is 0 Å². The van der Waals surface area contributed by atoms with E-state index >= 15 is 0 Å². The first-order valence-corrected chi connectivity index (χ1v) is 6.91. The average Bonchev–Trinajstić information content (AvgIpc) is 2.28. The Morgan fingerprint density at radius 1 is 1.33 bits per heavy atom. The van der Waals surface area contributed by atoms with Crippen LogP contribution in [0.5, 0.6) is 0 Å². The summed E-state index contributed by atoms with van der Waals surface area (Å²) in [6.45, 7) is 8.56. The third-order valence-electron chi connectivity index (χ3n) is 3.45. The zero-order valence-corrected chi connectivity index (χ0v) is 11.2. The molecule has 0 spiro atoms. The first-order valence-electron chi connectivity index (χ1n) is 6.28. The Morgan fingerprint density at radius 2 is 2.00 bits per heavy atom. The summed E-state index contributed by atoms with van der Waals surface area (Å²) in [4.78, 5) is 5.03. The molecule has 0 atom stereocenters. The Bertz CT molecular complexity index is 156. The van der Waals surface area contributed by atoms with E-state index < -0.39 is 0 Å². The van der Waals surface area contributed by atoms with Gasteiger partial charge in [-0.15, -0.1) is 0 Å². The molecule has 0 saturated carbocycles. The topological polar surface area (TPSA) is 6.48 Å². The molecule has 0 amide bonds. The van der Waals surface area contributed by atoms with E-state index in [0.717, 1.165) is 11.7 Å². The predicted molar refractivity (Wildman–Crippen MR) is 70.8 cm³/mol. The van der Waals surface area contributed by atoms with E-state index in [-0.39, 0.29) is 0 Å². The summed E-state index contributed by atoms with van der Waals surface area (Å²) in [6, 6.07) is 0. The first kappa shape index (κ1) is 13.3. The SMILES string of the molecule is CCN(C)CC1CCN(CCCS)CC1. The van der Waals surface area contributed by atoms with E-state index in [1.807, 2.05) is 0 Å². The Hall–Kier alpha value is 0.270. The molecule has 0 aromatic rings. The molecular weight excluding hydrogens is 204 g/mol. The van der Waals surface area contributed by atoms with E-state index in [1.54, 1.807) is 0 Å². The van der Waals surface area contributed by atoms with Gasteiger partial charge in [-0.3, -0.25) is 0 Å². The van der Waals surface area contributed by atoms with Gasteiger partial charge in [-0.1, -0.05) is 6.92 Å². The van der Waals surface area contributed by atoms with Crippen LogP contribution in [0.3, 0.4) is 0 Å². The van der Waals surface area contributed by atoms with Gasteiger partial charge in [0, 0.05) is 6.54 Å². The normalized spacial score (nSPS) is 20.0. The molecule has 0 bridgehead atoms. The van der Waals surface area contributed by atoms with Gasteiger partial charge in [0.15, 0.2) is 0 Å². The molecule has 3 heteroatoms. The zero-order chi connectivity index (χ0) is 11.1. The van der Waals surface area contributed by atoms with Gasteiger partial charge in [-0.2, -0.15) is 12.6 Å². The predicted octanol–water partition coefficient (Wildman–Crippen LogP) is 1.97. The van der Waals surface area contributed by atoms with Crippen molar-refractivity contribution in [1.29, 1.82) is 0 Å². The molecule has 0 aliphatic carbocycles. The van der Waals surface area contributed by atoms with Gasteiger partial charge in [-0.25, -0.2) is 0 Å². The maximum atomic E-state index is 4.26. The molecule has 1 aliphatic rings. The number of hydrogen-bond acceptors (Lipinski definition) is 3. The number of thiol groups is 1. The summed E-state index contributed by atoms with van der Waals surface area (Å²) in [6.07, 6.45) is 4.01. The lowest BCUT2D eigenvalue weighted by Gasteiger charge is -2.33. The van der Waals surface area contributed by atoms with Gasteiger partial charge in [0.1, 0.15) is 0 Å². The Labute approximate surface area is 100 Å². The Balaban J connectivity index is 2.12. The van der Waals surface area contributed by atoms with Crippen LogP contribution >= 0.6 is 12.6 Å². The minimum absolute atomic E-state index is 0.933. The maximum Gasteiger partial charge on any atom is 0.000744 e. The van der Waals surface area contributed by atoms with Crippen molar-refractivity contribution in [3.05, 3.63) is 0 Å². The van der Waals surface area contributed by atoms with Crippen molar-refractivity contribution in [2.45, 2.75) is 26.2 Å². The van der Waals surface area contributed by atoms with Gasteiger partial charge in [0.05, 0.1) is 0 Å². The number of hydrogen-bond donors (Lipinski definition) is 1. The van der Waals surface area contributed by atoms with Crippen LogP contribution in [-0.4, -0.2) is 55.3 Å². The molecule has 1 heterocycles. The molecule has 0 aromatic heterocycles. The highest BCUT2D eigenvalue weighted by atomic mass is 32.1. The lowest BCUT2D eigenvalue weighted by atomic mass is 9.96. The van der Waals surface area contributed by atoms with E-state index in [4.69, 9.17) is 0 Å². The first-order chi connectivity index (χ1) is 7.26. The molecule has 1 fully saturated rings. The van der Waals surface area contributed by atoms with E-state index in [9.17, 15) is 0 Å². The summed E-state index contributed by atoms with van der Waals surface area (Å²) < 4.78 is 0. The van der Waals surface area contributed by atoms with E-state index in [2.05, 4.69) is 36.4 Å². The summed E-state index contributed by atoms with van der Waals surface area (Å²) in [5.74, 6) is 1.96. The molecule has 0 N–H and O–H groups in total. The fraction of sp³-hybridized carbons (Fsp3) is 1.00. The molecule has 1 rings (SSSR count). The van der Waals surface area contributed by atoms with E-state index in [0.29, 0.717) is 0 Å². The van der Waals surface area contributed by atoms with Gasteiger partial charge in [-0.05, 0) is 64.2 Å². The van der Waals surface area contributed by atoms with Crippen LogP contribution in [0.25, 0.3) is 0 Å². The molecule has 1 aliphatic heterocycles. The van der Waals surface area contributed by atoms with Gasteiger partial charge >= 0.3 is 0 Å². The summed E-state index contributed by atoms with van der Waals surface area (Å²) >= 11 is 4.26. The second-order valence-corrected chi connectivity index (χ2v) is 5.16. The minimum Gasteiger partial charge on any atom is -0.306 e. The Morgan fingerprint density at radius 3 is 2.53 bits per heavy atom. The van der Waals surface area contributed by atoms with Crippen LogP contribution in [0, 0.1) is 5.92 Å². The van der Waals surface area contributed by atoms with Crippen molar-refractivity contribution in [1.82, 2.24) is 9.80 Å². The zero-order valence-electron chi connectivity index (χ0n) is 10.3. The fourth-order valence-electron chi connectivity index (χ4n) is 2.26. The van der Waals surface area contributed by atoms with Crippen LogP contribution in [0.15, 0.2) is 0 Å². The van der Waals surface area contributed by atoms with Crippen molar-refractivity contribution in [3.8, 4) is 0 Å². The maximum absolute atomic E-state index is 4.26. The molecular formula is C12H26N2S. The lowest BCUT2D eigenvalue weighted by molar-refractivity contribution is 0.157. The Kier molecular flexibility index (Phi) is 6.69. The highest BCUT2D eigenvalue weighted by molar-refractivity contribution is 7.80. The summed E-state index contributed by atoms with van der Waals surface area (Å²) in [5, 5.41) is 0. The molecule has 15 heavy (non-hydrogen) atoms. The number of piperidine rings is 1. The molecule has 2 nitrogen and oxygen atoms in total. The van der Waals surface area contributed by atoms with Gasteiger partial charge in [0.25, 0.3) is 0 Å². The third-order valence-corrected chi connectivity index (χ3v) is 3.77. The summed E-state index contributed by atoms with van der Waals surface area (Å²) in [5.41, 5.74) is 0. The van der Waals surface area contributed by atoms with Crippen LogP contribution in [0.1, 0.15) is 26.2 Å². The smallest absolute Gasteiger partial charge is 0.000744 e. The van der Waals surface area contributed by atoms with E-state index in [1.165, 1.54) is 52.0 Å². The molecule has 1 saturated heterocycles. The third kappa shape index (κ3) is 5.23. The van der Waals surface area contributed by atoms with Crippen LogP contribution < -0.4 is 0 Å². The molecule has 0 radical (unpaired) electrons. The average molecular weight is 230 g/mol. The molecule has 0 aromatic carbocycles.